The fraction of sp³-hybridized carbons (Fsp3) is 0.619. The van der Waals surface area contributed by atoms with Crippen molar-refractivity contribution in [3.63, 3.8) is 0 Å². The third-order valence-electron chi connectivity index (χ3n) is 6.44. The summed E-state index contributed by atoms with van der Waals surface area (Å²) in [5.41, 5.74) is 1.80. The number of rotatable bonds is 4. The maximum absolute atomic E-state index is 13.1. The van der Waals surface area contributed by atoms with Crippen molar-refractivity contribution in [3.8, 4) is 0 Å². The summed E-state index contributed by atoms with van der Waals surface area (Å²) in [4.78, 5) is 13.0. The van der Waals surface area contributed by atoms with E-state index in [0.717, 1.165) is 42.6 Å². The van der Waals surface area contributed by atoms with E-state index in [1.165, 1.54) is 4.68 Å². The molecule has 4 rings (SSSR count). The molecule has 29 heavy (non-hydrogen) atoms. The number of nitrogens with zero attached hydrogens (tertiary/aromatic N) is 4. The van der Waals surface area contributed by atoms with Crippen LogP contribution in [0.15, 0.2) is 27.9 Å². The first-order chi connectivity index (χ1) is 13.8. The molecule has 0 N–H and O–H groups in total. The Morgan fingerprint density at radius 2 is 1.69 bits per heavy atom. The highest BCUT2D eigenvalue weighted by Crippen LogP contribution is 2.34. The summed E-state index contributed by atoms with van der Waals surface area (Å²) < 4.78 is 31.2. The van der Waals surface area contributed by atoms with E-state index < -0.39 is 10.0 Å². The van der Waals surface area contributed by atoms with Crippen LogP contribution in [0.4, 0.5) is 0 Å². The molecule has 1 saturated heterocycles. The van der Waals surface area contributed by atoms with Gasteiger partial charge in [0.05, 0.1) is 4.90 Å². The fourth-order valence-corrected chi connectivity index (χ4v) is 6.54. The first-order valence-corrected chi connectivity index (χ1v) is 12.0. The van der Waals surface area contributed by atoms with E-state index >= 15 is 0 Å². The molecule has 2 heterocycles. The molecule has 1 aliphatic heterocycles. The Kier molecular flexibility index (Phi) is 5.42. The van der Waals surface area contributed by atoms with Gasteiger partial charge in [0.25, 0.3) is 0 Å². The minimum Gasteiger partial charge on any atom is -0.276 e. The highest BCUT2D eigenvalue weighted by molar-refractivity contribution is 7.89. The van der Waals surface area contributed by atoms with Crippen LogP contribution in [0.25, 0.3) is 0 Å². The normalized spacial score (nSPS) is 19.8. The van der Waals surface area contributed by atoms with E-state index in [1.54, 1.807) is 17.4 Å². The van der Waals surface area contributed by atoms with Crippen LogP contribution in [0.5, 0.6) is 0 Å². The standard InChI is InChI=1S/C21H30N4O3S/c1-15-8-9-19(16(2)14-15)29(27,28)24-12-10-17(11-13-24)20-22-23(3)21(26)25(20)18-6-4-5-7-18/h8-9,14,17-18H,4-7,10-13H2,1-3H3. The molecule has 1 aromatic heterocycles. The second-order valence-electron chi connectivity index (χ2n) is 8.52. The van der Waals surface area contributed by atoms with Crippen molar-refractivity contribution in [2.24, 2.45) is 7.05 Å². The quantitative estimate of drug-likeness (QED) is 0.765. The van der Waals surface area contributed by atoms with Crippen LogP contribution in [0.3, 0.4) is 0 Å². The molecule has 0 unspecified atom stereocenters. The van der Waals surface area contributed by atoms with E-state index in [9.17, 15) is 13.2 Å². The van der Waals surface area contributed by atoms with Crippen LogP contribution in [0, 0.1) is 13.8 Å². The predicted octanol–water partition coefficient (Wildman–Crippen LogP) is 2.88. The van der Waals surface area contributed by atoms with Crippen LogP contribution in [-0.2, 0) is 17.1 Å². The van der Waals surface area contributed by atoms with Crippen LogP contribution < -0.4 is 5.69 Å². The lowest BCUT2D eigenvalue weighted by Gasteiger charge is -2.31. The minimum absolute atomic E-state index is 0.0442. The lowest BCUT2D eigenvalue weighted by atomic mass is 9.97. The number of sulfonamides is 1. The van der Waals surface area contributed by atoms with Gasteiger partial charge in [-0.15, -0.1) is 0 Å². The molecule has 2 aromatic rings. The molecule has 0 radical (unpaired) electrons. The maximum Gasteiger partial charge on any atom is 0.345 e. The third kappa shape index (κ3) is 3.68. The first kappa shape index (κ1) is 20.3. The first-order valence-electron chi connectivity index (χ1n) is 10.5. The van der Waals surface area contributed by atoms with Crippen LogP contribution in [0.1, 0.15) is 67.4 Å². The molecular weight excluding hydrogens is 388 g/mol. The molecule has 0 spiro atoms. The Morgan fingerprint density at radius 1 is 1.03 bits per heavy atom. The zero-order valence-corrected chi connectivity index (χ0v) is 18.3. The smallest absolute Gasteiger partial charge is 0.276 e. The van der Waals surface area contributed by atoms with Crippen molar-refractivity contribution in [2.45, 2.75) is 69.2 Å². The Labute approximate surface area is 172 Å². The lowest BCUT2D eigenvalue weighted by molar-refractivity contribution is 0.304. The third-order valence-corrected chi connectivity index (χ3v) is 8.50. The summed E-state index contributed by atoms with van der Waals surface area (Å²) in [6, 6.07) is 5.71. The average molecular weight is 419 g/mol. The molecule has 0 atom stereocenters. The van der Waals surface area contributed by atoms with Gasteiger partial charge in [0.15, 0.2) is 0 Å². The molecule has 1 aromatic carbocycles. The average Bonchev–Trinajstić information content (AvgIpc) is 3.30. The van der Waals surface area contributed by atoms with Crippen molar-refractivity contribution >= 4 is 10.0 Å². The highest BCUT2D eigenvalue weighted by Gasteiger charge is 2.34. The second kappa shape index (κ2) is 7.72. The van der Waals surface area contributed by atoms with E-state index in [4.69, 9.17) is 0 Å². The molecule has 2 aliphatic rings. The van der Waals surface area contributed by atoms with Gasteiger partial charge in [0, 0.05) is 32.1 Å². The second-order valence-corrected chi connectivity index (χ2v) is 10.4. The Bertz CT molecular complexity index is 1060. The summed E-state index contributed by atoms with van der Waals surface area (Å²) in [5.74, 6) is 0.961. The minimum atomic E-state index is -3.50. The molecule has 158 valence electrons. The van der Waals surface area contributed by atoms with Gasteiger partial charge >= 0.3 is 5.69 Å². The monoisotopic (exact) mass is 418 g/mol. The van der Waals surface area contributed by atoms with Crippen molar-refractivity contribution in [2.75, 3.05) is 13.1 Å². The number of hydrogen-bond acceptors (Lipinski definition) is 4. The van der Waals surface area contributed by atoms with Gasteiger partial charge in [-0.25, -0.2) is 17.9 Å². The van der Waals surface area contributed by atoms with Gasteiger partial charge in [0.2, 0.25) is 10.0 Å². The van der Waals surface area contributed by atoms with Crippen LogP contribution in [0.2, 0.25) is 0 Å². The summed E-state index contributed by atoms with van der Waals surface area (Å²) in [6.07, 6.45) is 5.73. The largest absolute Gasteiger partial charge is 0.345 e. The van der Waals surface area contributed by atoms with Crippen molar-refractivity contribution in [1.82, 2.24) is 18.7 Å². The molecule has 2 fully saturated rings. The van der Waals surface area contributed by atoms with Crippen LogP contribution >= 0.6 is 0 Å². The lowest BCUT2D eigenvalue weighted by Crippen LogP contribution is -2.39. The topological polar surface area (TPSA) is 77.2 Å². The Hall–Kier alpha value is -1.93. The molecule has 7 nitrogen and oxygen atoms in total. The van der Waals surface area contributed by atoms with Crippen molar-refractivity contribution < 1.29 is 8.42 Å². The van der Waals surface area contributed by atoms with E-state index in [-0.39, 0.29) is 17.6 Å². The van der Waals surface area contributed by atoms with Gasteiger partial charge < -0.3 is 0 Å². The highest BCUT2D eigenvalue weighted by atomic mass is 32.2. The van der Waals surface area contributed by atoms with Crippen molar-refractivity contribution in [3.05, 3.63) is 45.6 Å². The van der Waals surface area contributed by atoms with Crippen molar-refractivity contribution in [1.29, 1.82) is 0 Å². The maximum atomic E-state index is 13.1. The summed E-state index contributed by atoms with van der Waals surface area (Å²) in [7, 11) is -1.80. The summed E-state index contributed by atoms with van der Waals surface area (Å²) in [6.45, 7) is 4.72. The number of piperidine rings is 1. The predicted molar refractivity (Wildman–Crippen MR) is 112 cm³/mol. The molecular formula is C21H30N4O3S. The van der Waals surface area contributed by atoms with E-state index in [2.05, 4.69) is 5.10 Å². The molecule has 0 bridgehead atoms. The van der Waals surface area contributed by atoms with E-state index in [1.807, 2.05) is 30.5 Å². The van der Waals surface area contributed by atoms with Gasteiger partial charge in [0.1, 0.15) is 5.82 Å². The van der Waals surface area contributed by atoms with Crippen LogP contribution in [-0.4, -0.2) is 40.2 Å². The molecule has 1 aliphatic carbocycles. The van der Waals surface area contributed by atoms with Gasteiger partial charge in [-0.2, -0.15) is 9.40 Å². The van der Waals surface area contributed by atoms with E-state index in [0.29, 0.717) is 30.8 Å². The molecule has 1 saturated carbocycles. The number of hydrogen-bond donors (Lipinski definition) is 0. The zero-order valence-electron chi connectivity index (χ0n) is 17.5. The fourth-order valence-electron chi connectivity index (χ4n) is 4.86. The molecule has 8 heteroatoms. The van der Waals surface area contributed by atoms with Gasteiger partial charge in [-0.3, -0.25) is 4.57 Å². The Morgan fingerprint density at radius 3 is 2.31 bits per heavy atom. The Balaban J connectivity index is 1.54. The SMILES string of the molecule is Cc1ccc(S(=O)(=O)N2CCC(c3nn(C)c(=O)n3C3CCCC3)CC2)c(C)c1. The number of aromatic nitrogens is 3. The zero-order chi connectivity index (χ0) is 20.8. The number of benzene rings is 1. The summed E-state index contributed by atoms with van der Waals surface area (Å²) >= 11 is 0. The van der Waals surface area contributed by atoms with Gasteiger partial charge in [-0.1, -0.05) is 30.5 Å². The van der Waals surface area contributed by atoms with Gasteiger partial charge in [-0.05, 0) is 51.2 Å². The number of aryl methyl sites for hydroxylation is 3. The molecule has 0 amide bonds. The summed E-state index contributed by atoms with van der Waals surface area (Å²) in [5, 5.41) is 4.55.